The number of benzene rings is 1. The standard InChI is InChI=1S/C13H15F4N/c14-11-3-1-2-9(6-11)7-12-5-4-10(8-18-12)13(15,16)17/h1-3,6,10,12,18H,4-5,7-8H2. The molecule has 1 aliphatic rings. The van der Waals surface area contributed by atoms with Gasteiger partial charge in [-0.3, -0.25) is 0 Å². The molecular weight excluding hydrogens is 246 g/mol. The zero-order valence-electron chi connectivity index (χ0n) is 9.80. The van der Waals surface area contributed by atoms with E-state index in [-0.39, 0.29) is 24.8 Å². The summed E-state index contributed by atoms with van der Waals surface area (Å²) in [5, 5.41) is 2.90. The molecule has 1 aliphatic heterocycles. The van der Waals surface area contributed by atoms with Crippen LogP contribution < -0.4 is 5.32 Å². The van der Waals surface area contributed by atoms with E-state index in [1.54, 1.807) is 12.1 Å². The monoisotopic (exact) mass is 261 g/mol. The molecule has 100 valence electrons. The van der Waals surface area contributed by atoms with E-state index in [1.807, 2.05) is 0 Å². The average molecular weight is 261 g/mol. The highest BCUT2D eigenvalue weighted by molar-refractivity contribution is 5.17. The van der Waals surface area contributed by atoms with Crippen molar-refractivity contribution in [1.82, 2.24) is 5.32 Å². The van der Waals surface area contributed by atoms with E-state index in [4.69, 9.17) is 0 Å². The molecule has 2 rings (SSSR count). The Bertz CT molecular complexity index is 394. The van der Waals surface area contributed by atoms with E-state index in [2.05, 4.69) is 5.32 Å². The Hall–Kier alpha value is -1.10. The van der Waals surface area contributed by atoms with Crippen LogP contribution in [0.5, 0.6) is 0 Å². The van der Waals surface area contributed by atoms with Crippen LogP contribution in [-0.2, 0) is 6.42 Å². The molecule has 5 heteroatoms. The highest BCUT2D eigenvalue weighted by Gasteiger charge is 2.41. The number of piperidine rings is 1. The Labute approximate surface area is 103 Å². The van der Waals surface area contributed by atoms with E-state index in [0.29, 0.717) is 12.8 Å². The lowest BCUT2D eigenvalue weighted by Crippen LogP contribution is -2.45. The van der Waals surface area contributed by atoms with Gasteiger partial charge in [0.05, 0.1) is 5.92 Å². The summed E-state index contributed by atoms with van der Waals surface area (Å²) in [5.41, 5.74) is 0.818. The Morgan fingerprint density at radius 2 is 2.00 bits per heavy atom. The number of hydrogen-bond acceptors (Lipinski definition) is 1. The SMILES string of the molecule is Fc1cccc(CC2CCC(C(F)(F)F)CN2)c1. The van der Waals surface area contributed by atoms with Crippen molar-refractivity contribution in [2.24, 2.45) is 5.92 Å². The van der Waals surface area contributed by atoms with Crippen molar-refractivity contribution in [1.29, 1.82) is 0 Å². The van der Waals surface area contributed by atoms with Gasteiger partial charge in [0.1, 0.15) is 5.82 Å². The summed E-state index contributed by atoms with van der Waals surface area (Å²) >= 11 is 0. The first kappa shape index (κ1) is 13.3. The quantitative estimate of drug-likeness (QED) is 0.805. The van der Waals surface area contributed by atoms with E-state index in [1.165, 1.54) is 12.1 Å². The summed E-state index contributed by atoms with van der Waals surface area (Å²) in [7, 11) is 0. The lowest BCUT2D eigenvalue weighted by molar-refractivity contribution is -0.179. The predicted molar refractivity (Wildman–Crippen MR) is 60.7 cm³/mol. The Morgan fingerprint density at radius 3 is 2.56 bits per heavy atom. The zero-order chi connectivity index (χ0) is 13.2. The van der Waals surface area contributed by atoms with E-state index in [9.17, 15) is 17.6 Å². The second-order valence-corrected chi connectivity index (χ2v) is 4.76. The maximum atomic E-state index is 13.0. The van der Waals surface area contributed by atoms with E-state index in [0.717, 1.165) is 5.56 Å². The third-order valence-corrected chi connectivity index (χ3v) is 3.35. The van der Waals surface area contributed by atoms with Crippen molar-refractivity contribution in [3.05, 3.63) is 35.6 Å². The fourth-order valence-corrected chi connectivity index (χ4v) is 2.32. The highest BCUT2D eigenvalue weighted by Crippen LogP contribution is 2.32. The van der Waals surface area contributed by atoms with Crippen LogP contribution in [0.3, 0.4) is 0 Å². The van der Waals surface area contributed by atoms with Crippen molar-refractivity contribution >= 4 is 0 Å². The minimum atomic E-state index is -4.11. The molecule has 1 aromatic carbocycles. The molecule has 2 unspecified atom stereocenters. The number of halogens is 4. The van der Waals surface area contributed by atoms with E-state index >= 15 is 0 Å². The van der Waals surface area contributed by atoms with Crippen molar-refractivity contribution in [3.63, 3.8) is 0 Å². The molecule has 1 aromatic rings. The van der Waals surface area contributed by atoms with Crippen LogP contribution >= 0.6 is 0 Å². The number of nitrogens with one attached hydrogen (secondary N) is 1. The summed E-state index contributed by atoms with van der Waals surface area (Å²) < 4.78 is 50.3. The van der Waals surface area contributed by atoms with Crippen molar-refractivity contribution in [3.8, 4) is 0 Å². The number of hydrogen-bond donors (Lipinski definition) is 1. The van der Waals surface area contributed by atoms with Gasteiger partial charge in [0, 0.05) is 12.6 Å². The van der Waals surface area contributed by atoms with Crippen LogP contribution in [0.2, 0.25) is 0 Å². The Morgan fingerprint density at radius 1 is 1.22 bits per heavy atom. The molecule has 1 fully saturated rings. The molecule has 0 spiro atoms. The normalized spacial score (nSPS) is 25.1. The summed E-state index contributed by atoms with van der Waals surface area (Å²) in [6, 6.07) is 6.20. The van der Waals surface area contributed by atoms with Crippen LogP contribution in [0.15, 0.2) is 24.3 Å². The highest BCUT2D eigenvalue weighted by atomic mass is 19.4. The van der Waals surface area contributed by atoms with Gasteiger partial charge in [-0.2, -0.15) is 13.2 Å². The van der Waals surface area contributed by atoms with Gasteiger partial charge in [-0.25, -0.2) is 4.39 Å². The zero-order valence-corrected chi connectivity index (χ0v) is 9.80. The van der Waals surface area contributed by atoms with Gasteiger partial charge in [0.2, 0.25) is 0 Å². The van der Waals surface area contributed by atoms with E-state index < -0.39 is 12.1 Å². The lowest BCUT2D eigenvalue weighted by atomic mass is 9.91. The number of rotatable bonds is 2. The topological polar surface area (TPSA) is 12.0 Å². The third-order valence-electron chi connectivity index (χ3n) is 3.35. The molecule has 0 aromatic heterocycles. The first-order chi connectivity index (χ1) is 8.45. The fraction of sp³-hybridized carbons (Fsp3) is 0.538. The summed E-state index contributed by atoms with van der Waals surface area (Å²) in [5.74, 6) is -1.56. The second-order valence-electron chi connectivity index (χ2n) is 4.76. The van der Waals surface area contributed by atoms with Gasteiger partial charge < -0.3 is 5.32 Å². The van der Waals surface area contributed by atoms with Crippen LogP contribution in [0, 0.1) is 11.7 Å². The Kier molecular flexibility index (Phi) is 3.90. The first-order valence-electron chi connectivity index (χ1n) is 5.99. The molecule has 0 amide bonds. The summed E-state index contributed by atoms with van der Waals surface area (Å²) in [6.07, 6.45) is -2.92. The average Bonchev–Trinajstić information content (AvgIpc) is 2.28. The fourth-order valence-electron chi connectivity index (χ4n) is 2.32. The minimum absolute atomic E-state index is 0.00500. The third kappa shape index (κ3) is 3.45. The first-order valence-corrected chi connectivity index (χ1v) is 5.99. The second kappa shape index (κ2) is 5.26. The molecule has 18 heavy (non-hydrogen) atoms. The molecule has 0 radical (unpaired) electrons. The molecular formula is C13H15F4N. The molecule has 0 bridgehead atoms. The molecule has 1 nitrogen and oxygen atoms in total. The lowest BCUT2D eigenvalue weighted by Gasteiger charge is -2.31. The van der Waals surface area contributed by atoms with Crippen molar-refractivity contribution in [2.75, 3.05) is 6.54 Å². The molecule has 1 saturated heterocycles. The van der Waals surface area contributed by atoms with Gasteiger partial charge in [-0.1, -0.05) is 12.1 Å². The van der Waals surface area contributed by atoms with Crippen LogP contribution in [0.25, 0.3) is 0 Å². The Balaban J connectivity index is 1.87. The summed E-state index contributed by atoms with van der Waals surface area (Å²) in [4.78, 5) is 0. The van der Waals surface area contributed by atoms with Crippen molar-refractivity contribution in [2.45, 2.75) is 31.5 Å². The van der Waals surface area contributed by atoms with Gasteiger partial charge in [0.15, 0.2) is 0 Å². The minimum Gasteiger partial charge on any atom is -0.313 e. The maximum absolute atomic E-state index is 13.0. The smallest absolute Gasteiger partial charge is 0.313 e. The number of alkyl halides is 3. The van der Waals surface area contributed by atoms with Gasteiger partial charge in [-0.15, -0.1) is 0 Å². The maximum Gasteiger partial charge on any atom is 0.393 e. The predicted octanol–water partition coefficient (Wildman–Crippen LogP) is 3.30. The largest absolute Gasteiger partial charge is 0.393 e. The molecule has 1 N–H and O–H groups in total. The van der Waals surface area contributed by atoms with Crippen LogP contribution in [-0.4, -0.2) is 18.8 Å². The molecule has 0 saturated carbocycles. The van der Waals surface area contributed by atoms with Gasteiger partial charge >= 0.3 is 6.18 Å². The van der Waals surface area contributed by atoms with Crippen LogP contribution in [0.1, 0.15) is 18.4 Å². The molecule has 0 aliphatic carbocycles. The summed E-state index contributed by atoms with van der Waals surface area (Å²) in [6.45, 7) is -0.0382. The molecule has 1 heterocycles. The van der Waals surface area contributed by atoms with Crippen LogP contribution in [0.4, 0.5) is 17.6 Å². The van der Waals surface area contributed by atoms with Gasteiger partial charge in [0.25, 0.3) is 0 Å². The van der Waals surface area contributed by atoms with Gasteiger partial charge in [-0.05, 0) is 37.0 Å². The molecule has 2 atom stereocenters. The van der Waals surface area contributed by atoms with Crippen molar-refractivity contribution < 1.29 is 17.6 Å².